The summed E-state index contributed by atoms with van der Waals surface area (Å²) in [5, 5.41) is 9.69. The molecule has 0 bridgehead atoms. The van der Waals surface area contributed by atoms with Gasteiger partial charge in [0.15, 0.2) is 0 Å². The number of imidazole rings is 1. The highest BCUT2D eigenvalue weighted by Crippen LogP contribution is 2.29. The Balaban J connectivity index is 2.21. The van der Waals surface area contributed by atoms with Gasteiger partial charge >= 0.3 is 0 Å². The summed E-state index contributed by atoms with van der Waals surface area (Å²) in [6.07, 6.45) is 0. The van der Waals surface area contributed by atoms with E-state index in [2.05, 4.69) is 32.0 Å². The van der Waals surface area contributed by atoms with Crippen LogP contribution in [0.3, 0.4) is 0 Å². The number of benzene rings is 2. The second-order valence-corrected chi connectivity index (χ2v) is 5.29. The van der Waals surface area contributed by atoms with Crippen LogP contribution in [-0.4, -0.2) is 9.97 Å². The van der Waals surface area contributed by atoms with Crippen molar-refractivity contribution in [3.63, 3.8) is 0 Å². The lowest BCUT2D eigenvalue weighted by atomic mass is 10.2. The molecule has 0 spiro atoms. The van der Waals surface area contributed by atoms with E-state index in [0.717, 1.165) is 15.6 Å². The van der Waals surface area contributed by atoms with E-state index in [4.69, 9.17) is 16.9 Å². The molecule has 19 heavy (non-hydrogen) atoms. The molecule has 0 fully saturated rings. The largest absolute Gasteiger partial charge is 0.338 e. The van der Waals surface area contributed by atoms with Crippen LogP contribution in [0.15, 0.2) is 40.9 Å². The van der Waals surface area contributed by atoms with Crippen LogP contribution in [0.2, 0.25) is 5.02 Å². The highest BCUT2D eigenvalue weighted by Gasteiger charge is 2.09. The number of nitrogens with zero attached hydrogens (tertiary/aromatic N) is 2. The van der Waals surface area contributed by atoms with Crippen molar-refractivity contribution in [3.8, 4) is 17.5 Å². The first-order valence-corrected chi connectivity index (χ1v) is 6.70. The number of aromatic nitrogens is 2. The van der Waals surface area contributed by atoms with Gasteiger partial charge in [0.25, 0.3) is 0 Å². The highest BCUT2D eigenvalue weighted by molar-refractivity contribution is 9.10. The molecule has 1 aromatic heterocycles. The monoisotopic (exact) mass is 331 g/mol. The first-order valence-electron chi connectivity index (χ1n) is 5.53. The van der Waals surface area contributed by atoms with Crippen molar-refractivity contribution in [2.24, 2.45) is 0 Å². The van der Waals surface area contributed by atoms with Crippen molar-refractivity contribution in [2.45, 2.75) is 0 Å². The third-order valence-electron chi connectivity index (χ3n) is 2.83. The van der Waals surface area contributed by atoms with E-state index in [1.165, 1.54) is 0 Å². The van der Waals surface area contributed by atoms with Gasteiger partial charge in [-0.1, -0.05) is 23.7 Å². The Labute approximate surface area is 123 Å². The predicted octanol–water partition coefficient (Wildman–Crippen LogP) is 4.52. The number of nitriles is 1. The van der Waals surface area contributed by atoms with E-state index in [-0.39, 0.29) is 0 Å². The van der Waals surface area contributed by atoms with E-state index in [0.29, 0.717) is 21.9 Å². The van der Waals surface area contributed by atoms with Crippen molar-refractivity contribution in [3.05, 3.63) is 51.5 Å². The van der Waals surface area contributed by atoms with Crippen LogP contribution in [0.4, 0.5) is 0 Å². The molecule has 1 heterocycles. The lowest BCUT2D eigenvalue weighted by Gasteiger charge is -1.99. The quantitative estimate of drug-likeness (QED) is 0.712. The predicted molar refractivity (Wildman–Crippen MR) is 79.0 cm³/mol. The Hall–Kier alpha value is -1.83. The fourth-order valence-electron chi connectivity index (χ4n) is 1.90. The average molecular weight is 333 g/mol. The van der Waals surface area contributed by atoms with Crippen LogP contribution >= 0.6 is 27.5 Å². The maximum absolute atomic E-state index is 9.06. The number of H-pyrrole nitrogens is 1. The Kier molecular flexibility index (Phi) is 3.02. The van der Waals surface area contributed by atoms with Crippen molar-refractivity contribution >= 4 is 38.6 Å². The number of hydrogen-bond acceptors (Lipinski definition) is 2. The summed E-state index contributed by atoms with van der Waals surface area (Å²) in [5.41, 5.74) is 2.96. The molecule has 0 saturated heterocycles. The van der Waals surface area contributed by atoms with Crippen molar-refractivity contribution < 1.29 is 0 Å². The number of rotatable bonds is 1. The highest BCUT2D eigenvalue weighted by atomic mass is 79.9. The molecule has 0 amide bonds. The molecule has 2 aromatic carbocycles. The number of para-hydroxylation sites is 1. The van der Waals surface area contributed by atoms with Gasteiger partial charge in [-0.25, -0.2) is 4.98 Å². The first-order chi connectivity index (χ1) is 9.19. The van der Waals surface area contributed by atoms with Crippen LogP contribution in [0.25, 0.3) is 22.4 Å². The third-order valence-corrected chi connectivity index (χ3v) is 4.06. The van der Waals surface area contributed by atoms with Gasteiger partial charge < -0.3 is 4.98 Å². The summed E-state index contributed by atoms with van der Waals surface area (Å²) in [6, 6.07) is 13.2. The molecule has 0 saturated carbocycles. The third kappa shape index (κ3) is 2.12. The number of aromatic amines is 1. The molecule has 0 atom stereocenters. The van der Waals surface area contributed by atoms with Crippen molar-refractivity contribution in [1.82, 2.24) is 9.97 Å². The molecule has 0 aliphatic rings. The van der Waals surface area contributed by atoms with Crippen LogP contribution in [0, 0.1) is 11.3 Å². The average Bonchev–Trinajstić information content (AvgIpc) is 2.85. The minimum absolute atomic E-state index is 0.559. The summed E-state index contributed by atoms with van der Waals surface area (Å²) in [4.78, 5) is 7.67. The van der Waals surface area contributed by atoms with Gasteiger partial charge in [-0.05, 0) is 40.2 Å². The van der Waals surface area contributed by atoms with Crippen LogP contribution in [0.5, 0.6) is 0 Å². The molecule has 3 nitrogen and oxygen atoms in total. The van der Waals surface area contributed by atoms with E-state index in [9.17, 15) is 0 Å². The molecule has 0 unspecified atom stereocenters. The number of hydrogen-bond donors (Lipinski definition) is 1. The normalized spacial score (nSPS) is 10.6. The lowest BCUT2D eigenvalue weighted by molar-refractivity contribution is 1.33. The van der Waals surface area contributed by atoms with Gasteiger partial charge in [0.1, 0.15) is 17.4 Å². The summed E-state index contributed by atoms with van der Waals surface area (Å²) < 4.78 is 0.840. The Bertz CT molecular complexity index is 817. The molecular weight excluding hydrogens is 326 g/mol. The van der Waals surface area contributed by atoms with Crippen LogP contribution < -0.4 is 0 Å². The minimum atomic E-state index is 0.559. The first kappa shape index (κ1) is 12.2. The van der Waals surface area contributed by atoms with Gasteiger partial charge in [-0.3, -0.25) is 0 Å². The Morgan fingerprint density at radius 1 is 1.26 bits per heavy atom. The van der Waals surface area contributed by atoms with E-state index in [1.807, 2.05) is 30.3 Å². The van der Waals surface area contributed by atoms with Gasteiger partial charge in [0, 0.05) is 10.0 Å². The summed E-state index contributed by atoms with van der Waals surface area (Å²) >= 11 is 9.43. The van der Waals surface area contributed by atoms with Gasteiger partial charge in [-0.15, -0.1) is 0 Å². The van der Waals surface area contributed by atoms with Crippen molar-refractivity contribution in [1.29, 1.82) is 5.26 Å². The molecule has 3 aromatic rings. The summed E-state index contributed by atoms with van der Waals surface area (Å²) in [6.45, 7) is 0. The second kappa shape index (κ2) is 4.69. The SMILES string of the molecule is N#Cc1cccc2[nH]c(-c3ccc(Br)c(Cl)c3)nc12. The Morgan fingerprint density at radius 2 is 2.11 bits per heavy atom. The topological polar surface area (TPSA) is 52.5 Å². The fourth-order valence-corrected chi connectivity index (χ4v) is 2.33. The Morgan fingerprint density at radius 3 is 2.84 bits per heavy atom. The smallest absolute Gasteiger partial charge is 0.138 e. The van der Waals surface area contributed by atoms with Crippen molar-refractivity contribution in [2.75, 3.05) is 0 Å². The van der Waals surface area contributed by atoms with Gasteiger partial charge in [0.2, 0.25) is 0 Å². The zero-order chi connectivity index (χ0) is 13.4. The van der Waals surface area contributed by atoms with Gasteiger partial charge in [0.05, 0.1) is 16.1 Å². The minimum Gasteiger partial charge on any atom is -0.338 e. The standard InChI is InChI=1S/C14H7BrClN3/c15-10-5-4-8(6-11(10)16)14-18-12-3-1-2-9(7-17)13(12)19-14/h1-6H,(H,18,19). The molecule has 0 radical (unpaired) electrons. The lowest BCUT2D eigenvalue weighted by Crippen LogP contribution is -1.81. The molecule has 0 aliphatic carbocycles. The summed E-state index contributed by atoms with van der Waals surface area (Å²) in [7, 11) is 0. The molecular formula is C14H7BrClN3. The van der Waals surface area contributed by atoms with Crippen LogP contribution in [0.1, 0.15) is 5.56 Å². The van der Waals surface area contributed by atoms with E-state index in [1.54, 1.807) is 6.07 Å². The number of halogens is 2. The summed E-state index contributed by atoms with van der Waals surface area (Å²) in [5.74, 6) is 0.701. The van der Waals surface area contributed by atoms with Crippen LogP contribution in [-0.2, 0) is 0 Å². The zero-order valence-corrected chi connectivity index (χ0v) is 12.0. The molecule has 0 aliphatic heterocycles. The number of nitrogens with one attached hydrogen (secondary N) is 1. The zero-order valence-electron chi connectivity index (χ0n) is 9.61. The van der Waals surface area contributed by atoms with E-state index >= 15 is 0 Å². The molecule has 1 N–H and O–H groups in total. The molecule has 92 valence electrons. The number of fused-ring (bicyclic) bond motifs is 1. The fraction of sp³-hybridized carbons (Fsp3) is 0. The second-order valence-electron chi connectivity index (χ2n) is 4.03. The maximum atomic E-state index is 9.06. The molecule has 5 heteroatoms. The maximum Gasteiger partial charge on any atom is 0.138 e. The van der Waals surface area contributed by atoms with E-state index < -0.39 is 0 Å². The molecule has 3 rings (SSSR count). The van der Waals surface area contributed by atoms with Gasteiger partial charge in [-0.2, -0.15) is 5.26 Å².